The van der Waals surface area contributed by atoms with Crippen LogP contribution in [0.25, 0.3) is 10.2 Å². The Labute approximate surface area is 280 Å². The van der Waals surface area contributed by atoms with E-state index in [9.17, 15) is 9.59 Å². The van der Waals surface area contributed by atoms with Gasteiger partial charge in [-0.1, -0.05) is 80.6 Å². The summed E-state index contributed by atoms with van der Waals surface area (Å²) >= 11 is 1.39. The van der Waals surface area contributed by atoms with Crippen LogP contribution in [0.2, 0.25) is 0 Å². The van der Waals surface area contributed by atoms with E-state index in [0.29, 0.717) is 22.5 Å². The maximum atomic E-state index is 14.4. The maximum absolute atomic E-state index is 14.4. The Morgan fingerprint density at radius 3 is 1.78 bits per heavy atom. The summed E-state index contributed by atoms with van der Waals surface area (Å²) in [4.78, 5) is 31.7. The molecule has 0 saturated heterocycles. The molecule has 0 bridgehead atoms. The lowest BCUT2D eigenvalue weighted by atomic mass is 9.98. The number of Topliss-reactive ketones (excluding diaryl/α,β-unsaturated/α-hetero) is 1. The summed E-state index contributed by atoms with van der Waals surface area (Å²) in [6.45, 7) is 4.09. The van der Waals surface area contributed by atoms with Crippen LogP contribution in [-0.4, -0.2) is 22.8 Å². The van der Waals surface area contributed by atoms with Crippen molar-refractivity contribution in [3.63, 3.8) is 0 Å². The van der Waals surface area contributed by atoms with Crippen molar-refractivity contribution in [2.75, 3.05) is 6.16 Å². The number of fused-ring (bicyclic) bond motifs is 1. The Hall–Kier alpha value is -4.35. The minimum atomic E-state index is -2.36. The molecule has 0 radical (unpaired) electrons. The molecule has 0 aliphatic heterocycles. The number of ether oxygens (including phenoxy) is 1. The zero-order chi connectivity index (χ0) is 31.4. The van der Waals surface area contributed by atoms with Gasteiger partial charge in [0.1, 0.15) is 40.1 Å². The van der Waals surface area contributed by atoms with Gasteiger partial charge in [-0.05, 0) is 78.2 Å². The number of nitrogens with zero attached hydrogens (tertiary/aromatic N) is 1. The highest BCUT2D eigenvalue weighted by atomic mass is 35.5. The molecule has 1 unspecified atom stereocenters. The number of para-hydroxylation sites is 1. The third-order valence-electron chi connectivity index (χ3n) is 7.96. The van der Waals surface area contributed by atoms with E-state index in [2.05, 4.69) is 41.4 Å². The Morgan fingerprint density at radius 2 is 1.28 bits per heavy atom. The number of amides is 1. The fourth-order valence-electron chi connectivity index (χ4n) is 5.71. The molecule has 0 fully saturated rings. The van der Waals surface area contributed by atoms with Gasteiger partial charge in [-0.15, -0.1) is 11.3 Å². The topological polar surface area (TPSA) is 82.3 Å². The Morgan fingerprint density at radius 1 is 0.761 bits per heavy atom. The molecule has 6 rings (SSSR count). The fraction of sp³-hybridized carbons (Fsp3) is 0.132. The van der Waals surface area contributed by atoms with Gasteiger partial charge in [0.15, 0.2) is 0 Å². The molecular formula is C38H34ClN2O3PS. The number of ketones is 1. The summed E-state index contributed by atoms with van der Waals surface area (Å²) < 4.78 is 7.25. The van der Waals surface area contributed by atoms with E-state index in [1.165, 1.54) is 11.3 Å². The average molecular weight is 665 g/mol. The van der Waals surface area contributed by atoms with Gasteiger partial charge in [-0.25, -0.2) is 4.98 Å². The summed E-state index contributed by atoms with van der Waals surface area (Å²) in [7, 11) is -2.36. The number of benzene rings is 5. The Kier molecular flexibility index (Phi) is 10.3. The molecule has 8 heteroatoms. The van der Waals surface area contributed by atoms with Crippen LogP contribution in [0.15, 0.2) is 133 Å². The number of primary amides is 1. The minimum Gasteiger partial charge on any atom is -1.00 e. The summed E-state index contributed by atoms with van der Waals surface area (Å²) in [6, 6.07) is 44.4. The van der Waals surface area contributed by atoms with E-state index in [1.807, 2.05) is 98.8 Å². The van der Waals surface area contributed by atoms with Crippen LogP contribution in [0.1, 0.15) is 46.8 Å². The molecular weight excluding hydrogens is 631 g/mol. The van der Waals surface area contributed by atoms with E-state index in [0.717, 1.165) is 31.7 Å². The zero-order valence-corrected chi connectivity index (χ0v) is 28.0. The lowest BCUT2D eigenvalue weighted by Gasteiger charge is -2.27. The van der Waals surface area contributed by atoms with Crippen molar-refractivity contribution < 1.29 is 26.7 Å². The van der Waals surface area contributed by atoms with Crippen LogP contribution in [-0.2, 0) is 4.79 Å². The highest BCUT2D eigenvalue weighted by Crippen LogP contribution is 2.55. The van der Waals surface area contributed by atoms with Crippen molar-refractivity contribution in [3.8, 4) is 5.75 Å². The van der Waals surface area contributed by atoms with E-state index in [1.54, 1.807) is 12.1 Å². The van der Waals surface area contributed by atoms with Crippen molar-refractivity contribution in [3.05, 3.63) is 150 Å². The molecule has 0 saturated carbocycles. The first-order valence-corrected chi connectivity index (χ1v) is 17.7. The first-order chi connectivity index (χ1) is 21.9. The monoisotopic (exact) mass is 664 g/mol. The van der Waals surface area contributed by atoms with Gasteiger partial charge in [0.05, 0.1) is 10.2 Å². The number of thiazole rings is 1. The molecule has 5 aromatic carbocycles. The minimum absolute atomic E-state index is 0. The van der Waals surface area contributed by atoms with Gasteiger partial charge in [0.2, 0.25) is 11.9 Å². The van der Waals surface area contributed by atoms with Crippen LogP contribution >= 0.6 is 18.6 Å². The van der Waals surface area contributed by atoms with Gasteiger partial charge < -0.3 is 22.9 Å². The molecule has 6 aromatic rings. The first kappa shape index (κ1) is 33.0. The van der Waals surface area contributed by atoms with Crippen LogP contribution in [0.4, 0.5) is 0 Å². The van der Waals surface area contributed by atoms with E-state index < -0.39 is 19.3 Å². The summed E-state index contributed by atoms with van der Waals surface area (Å²) in [5.74, 6) is -0.0357. The maximum Gasteiger partial charge on any atom is 0.265 e. The predicted octanol–water partition coefficient (Wildman–Crippen LogP) is 4.21. The highest BCUT2D eigenvalue weighted by Gasteiger charge is 2.47. The van der Waals surface area contributed by atoms with Gasteiger partial charge in [0, 0.05) is 5.56 Å². The second-order valence-electron chi connectivity index (χ2n) is 11.2. The van der Waals surface area contributed by atoms with E-state index in [4.69, 9.17) is 10.5 Å². The number of carbonyl (C=O) groups is 2. The molecule has 0 aliphatic rings. The molecule has 1 heterocycles. The van der Waals surface area contributed by atoms with Gasteiger partial charge in [0.25, 0.3) is 5.91 Å². The summed E-state index contributed by atoms with van der Waals surface area (Å²) in [5, 5.41) is 3.96. The molecule has 1 aromatic heterocycles. The molecule has 46 heavy (non-hydrogen) atoms. The van der Waals surface area contributed by atoms with Crippen LogP contribution in [0, 0.1) is 0 Å². The number of nitrogens with two attached hydrogens (primary N) is 1. The van der Waals surface area contributed by atoms with Gasteiger partial charge in [-0.2, -0.15) is 0 Å². The number of rotatable bonds is 11. The third-order valence-corrected chi connectivity index (χ3v) is 13.3. The molecule has 2 N–H and O–H groups in total. The van der Waals surface area contributed by atoms with Crippen molar-refractivity contribution in [2.24, 2.45) is 5.73 Å². The molecule has 0 aliphatic carbocycles. The second kappa shape index (κ2) is 14.4. The lowest BCUT2D eigenvalue weighted by molar-refractivity contribution is -0.125. The number of halogens is 1. The summed E-state index contributed by atoms with van der Waals surface area (Å²) in [5.41, 5.74) is 8.06. The molecule has 1 amide bonds. The first-order valence-electron chi connectivity index (χ1n) is 14.9. The normalized spacial score (nSPS) is 12.0. The number of hydrogen-bond acceptors (Lipinski definition) is 5. The van der Waals surface area contributed by atoms with E-state index >= 15 is 0 Å². The fourth-order valence-corrected chi connectivity index (χ4v) is 10.8. The Bertz CT molecular complexity index is 1820. The predicted molar refractivity (Wildman–Crippen MR) is 187 cm³/mol. The number of aromatic nitrogens is 1. The second-order valence-corrected chi connectivity index (χ2v) is 15.8. The largest absolute Gasteiger partial charge is 1.00 e. The van der Waals surface area contributed by atoms with Crippen molar-refractivity contribution in [1.82, 2.24) is 4.98 Å². The molecule has 1 atom stereocenters. The molecule has 232 valence electrons. The summed E-state index contributed by atoms with van der Waals surface area (Å²) in [6.07, 6.45) is -0.715. The van der Waals surface area contributed by atoms with Crippen molar-refractivity contribution in [2.45, 2.75) is 25.9 Å². The quantitative estimate of drug-likeness (QED) is 0.166. The van der Waals surface area contributed by atoms with Crippen molar-refractivity contribution in [1.29, 1.82) is 0 Å². The van der Waals surface area contributed by atoms with Crippen LogP contribution in [0.3, 0.4) is 0 Å². The van der Waals surface area contributed by atoms with Crippen molar-refractivity contribution >= 4 is 56.4 Å². The van der Waals surface area contributed by atoms with Crippen LogP contribution < -0.4 is 38.8 Å². The molecule has 5 nitrogen and oxygen atoms in total. The van der Waals surface area contributed by atoms with E-state index in [-0.39, 0.29) is 24.1 Å². The highest BCUT2D eigenvalue weighted by molar-refractivity contribution is 7.96. The zero-order valence-electron chi connectivity index (χ0n) is 25.5. The van der Waals surface area contributed by atoms with Gasteiger partial charge in [-0.3, -0.25) is 9.59 Å². The third kappa shape index (κ3) is 6.61. The average Bonchev–Trinajstić information content (AvgIpc) is 3.51. The van der Waals surface area contributed by atoms with Crippen LogP contribution in [0.5, 0.6) is 5.75 Å². The smallest absolute Gasteiger partial charge is 0.265 e. The standard InChI is InChI=1S/C38H33N2O3PS.ClH/c1-26(2)31-24-27(22-23-34(31)43-36(37(39)42)38-40-32-20-12-13-21-35(32)45-38)33(41)25-44(28-14-6-3-7-15-28,29-16-8-4-9-17-29)30-18-10-5-11-19-30;/h3-24,26,36H,25H2,1-2H3,(H-,39,42);1H. The van der Waals surface area contributed by atoms with Gasteiger partial charge >= 0.3 is 0 Å². The number of carbonyl (C=O) groups excluding carboxylic acids is 2. The SMILES string of the molecule is CC(C)c1cc(C(=O)C[P+](c2ccccc2)(c2ccccc2)c2ccccc2)ccc1OC(C(N)=O)c1nc2ccccc2s1.[Cl-]. The Balaban J connectivity index is 0.00000417. The number of hydrogen-bond donors (Lipinski definition) is 1. The molecule has 0 spiro atoms. The lowest BCUT2D eigenvalue weighted by Crippen LogP contribution is -3.00.